The fourth-order valence-corrected chi connectivity index (χ4v) is 5.16. The third kappa shape index (κ3) is 5.23. The molecule has 1 aliphatic heterocycles. The van der Waals surface area contributed by atoms with E-state index in [1.165, 1.54) is 32.3 Å². The van der Waals surface area contributed by atoms with Crippen molar-refractivity contribution in [3.05, 3.63) is 53.0 Å². The van der Waals surface area contributed by atoms with Crippen LogP contribution in [0.3, 0.4) is 0 Å². The number of para-hydroxylation sites is 1. The number of phenolic OH excluding ortho intramolecular Hbond substituents is 1. The first kappa shape index (κ1) is 24.8. The zero-order chi connectivity index (χ0) is 24.8. The Morgan fingerprint density at radius 1 is 1.15 bits per heavy atom. The maximum atomic E-state index is 12.5. The molecule has 0 fully saturated rings. The number of aromatic hydroxyl groups is 1. The van der Waals surface area contributed by atoms with Crippen LogP contribution in [0.15, 0.2) is 55.1 Å². The summed E-state index contributed by atoms with van der Waals surface area (Å²) >= 11 is 0. The molecule has 2 aromatic rings. The van der Waals surface area contributed by atoms with Gasteiger partial charge in [0.1, 0.15) is 16.4 Å². The molecule has 1 aromatic carbocycles. The lowest BCUT2D eigenvalue weighted by atomic mass is 9.85. The van der Waals surface area contributed by atoms with Gasteiger partial charge in [0.15, 0.2) is 11.6 Å². The smallest absolute Gasteiger partial charge is 0.279 e. The highest BCUT2D eigenvalue weighted by Crippen LogP contribution is 2.36. The van der Waals surface area contributed by atoms with Gasteiger partial charge in [-0.2, -0.15) is 8.42 Å². The number of hydrogen-bond donors (Lipinski definition) is 3. The van der Waals surface area contributed by atoms with Gasteiger partial charge in [0.05, 0.1) is 22.8 Å². The third-order valence-corrected chi connectivity index (χ3v) is 7.78. The van der Waals surface area contributed by atoms with Gasteiger partial charge in [-0.25, -0.2) is 12.7 Å². The van der Waals surface area contributed by atoms with Crippen LogP contribution < -0.4 is 10.6 Å². The molecule has 0 saturated heterocycles. The van der Waals surface area contributed by atoms with Crippen LogP contribution in [0.1, 0.15) is 38.3 Å². The van der Waals surface area contributed by atoms with E-state index in [1.807, 2.05) is 33.8 Å². The van der Waals surface area contributed by atoms with Gasteiger partial charge in [-0.05, 0) is 36.6 Å². The molecule has 3 rings (SSSR count). The number of amidine groups is 1. The summed E-state index contributed by atoms with van der Waals surface area (Å²) < 4.78 is 60.1. The molecular weight excluding hydrogens is 468 g/mol. The summed E-state index contributed by atoms with van der Waals surface area (Å²) in [4.78, 5) is -0.316. The second-order valence-corrected chi connectivity index (χ2v) is 12.5. The van der Waals surface area contributed by atoms with Crippen molar-refractivity contribution in [3.8, 4) is 5.75 Å². The largest absolute Gasteiger partial charge is 0.504 e. The number of nitrogens with one attached hydrogen (secondary N) is 2. The molecule has 10 nitrogen and oxygen atoms in total. The molecule has 0 radical (unpaired) electrons. The minimum Gasteiger partial charge on any atom is -0.504 e. The predicted octanol–water partition coefficient (Wildman–Crippen LogP) is 2.92. The maximum absolute atomic E-state index is 12.5. The Morgan fingerprint density at radius 3 is 2.36 bits per heavy atom. The Balaban J connectivity index is 1.98. The van der Waals surface area contributed by atoms with Crippen molar-refractivity contribution < 1.29 is 26.4 Å². The Labute approximate surface area is 194 Å². The summed E-state index contributed by atoms with van der Waals surface area (Å²) in [5.41, 5.74) is -0.314. The van der Waals surface area contributed by atoms with Gasteiger partial charge >= 0.3 is 0 Å². The summed E-state index contributed by atoms with van der Waals surface area (Å²) in [5, 5.41) is 17.5. The van der Waals surface area contributed by atoms with Crippen LogP contribution in [0.25, 0.3) is 0 Å². The second kappa shape index (κ2) is 8.50. The van der Waals surface area contributed by atoms with E-state index in [0.717, 1.165) is 9.71 Å². The molecule has 0 aliphatic carbocycles. The van der Waals surface area contributed by atoms with E-state index in [9.17, 15) is 21.9 Å². The second-order valence-electron chi connectivity index (χ2n) is 8.94. The van der Waals surface area contributed by atoms with Crippen molar-refractivity contribution in [1.29, 1.82) is 0 Å². The number of benzene rings is 1. The molecule has 12 heteroatoms. The van der Waals surface area contributed by atoms with Crippen LogP contribution in [-0.4, -0.2) is 46.2 Å². The normalized spacial score (nSPS) is 16.9. The average Bonchev–Trinajstić information content (AvgIpc) is 3.22. The fraction of sp³-hybridized carbons (Fsp3) is 0.381. The Kier molecular flexibility index (Phi) is 6.39. The van der Waals surface area contributed by atoms with Gasteiger partial charge < -0.3 is 20.2 Å². The van der Waals surface area contributed by atoms with E-state index < -0.39 is 31.8 Å². The van der Waals surface area contributed by atoms with Gasteiger partial charge in [0, 0.05) is 14.1 Å². The molecule has 1 aromatic heterocycles. The molecule has 0 unspecified atom stereocenters. The highest BCUT2D eigenvalue weighted by Gasteiger charge is 2.34. The Bertz CT molecular complexity index is 1330. The third-order valence-electron chi connectivity index (χ3n) is 4.96. The lowest BCUT2D eigenvalue weighted by Gasteiger charge is -2.31. The lowest BCUT2D eigenvalue weighted by molar-refractivity contribution is 0.260. The number of sulfonamides is 2. The number of hydrogen-bond acceptors (Lipinski definition) is 8. The lowest BCUT2D eigenvalue weighted by Crippen LogP contribution is -2.37. The Morgan fingerprint density at radius 2 is 1.82 bits per heavy atom. The number of furan rings is 1. The van der Waals surface area contributed by atoms with Crippen molar-refractivity contribution in [2.45, 2.75) is 38.6 Å². The minimum absolute atomic E-state index is 0.0110. The summed E-state index contributed by atoms with van der Waals surface area (Å²) in [6.07, 6.45) is 0. The van der Waals surface area contributed by atoms with Gasteiger partial charge in [0.2, 0.25) is 10.0 Å². The SMILES string of the molecule is Cc1ccc([C@H](NC2=NS(=O)(=O)C=C2Nc2cccc(S(=O)(=O)N(C)C)c2O)C(C)(C)C)o1. The van der Waals surface area contributed by atoms with E-state index in [1.54, 1.807) is 6.07 Å². The first-order valence-corrected chi connectivity index (χ1v) is 13.0. The topological polar surface area (TPSA) is 141 Å². The molecule has 180 valence electrons. The molecule has 0 amide bonds. The summed E-state index contributed by atoms with van der Waals surface area (Å²) in [7, 11) is -5.17. The van der Waals surface area contributed by atoms with Crippen LogP contribution in [-0.2, 0) is 20.0 Å². The maximum Gasteiger partial charge on any atom is 0.279 e. The number of nitrogens with zero attached hydrogens (tertiary/aromatic N) is 2. The standard InChI is InChI=1S/C21H28N4O6S2/c1-13-10-11-16(31-13)19(21(2,3)4)23-20-15(12-32(27,28)24-20)22-14-8-7-9-17(18(14)26)33(29,30)25(5)6/h7-12,19,22,26H,1-6H3,(H,23,24)/t19-/m0/s1. The van der Waals surface area contributed by atoms with Crippen LogP contribution >= 0.6 is 0 Å². The van der Waals surface area contributed by atoms with E-state index in [-0.39, 0.29) is 27.5 Å². The number of phenols is 1. The highest BCUT2D eigenvalue weighted by molar-refractivity contribution is 7.93. The molecule has 1 atom stereocenters. The van der Waals surface area contributed by atoms with Crippen LogP contribution in [0.4, 0.5) is 5.69 Å². The van der Waals surface area contributed by atoms with Crippen molar-refractivity contribution in [1.82, 2.24) is 9.62 Å². The average molecular weight is 497 g/mol. The molecule has 1 aliphatic rings. The van der Waals surface area contributed by atoms with E-state index in [4.69, 9.17) is 4.42 Å². The van der Waals surface area contributed by atoms with Gasteiger partial charge in [-0.3, -0.25) is 0 Å². The van der Waals surface area contributed by atoms with E-state index in [0.29, 0.717) is 11.5 Å². The highest BCUT2D eigenvalue weighted by atomic mass is 32.2. The Hall–Kier alpha value is -2.83. The fourth-order valence-electron chi connectivity index (χ4n) is 3.23. The van der Waals surface area contributed by atoms with E-state index >= 15 is 0 Å². The first-order chi connectivity index (χ1) is 15.1. The van der Waals surface area contributed by atoms with Crippen molar-refractivity contribution in [2.24, 2.45) is 9.81 Å². The van der Waals surface area contributed by atoms with Crippen molar-refractivity contribution >= 4 is 31.6 Å². The van der Waals surface area contributed by atoms with Crippen LogP contribution in [0.5, 0.6) is 5.75 Å². The van der Waals surface area contributed by atoms with Gasteiger partial charge in [0.25, 0.3) is 10.0 Å². The predicted molar refractivity (Wildman–Crippen MR) is 126 cm³/mol. The van der Waals surface area contributed by atoms with Crippen LogP contribution in [0.2, 0.25) is 0 Å². The number of anilines is 1. The van der Waals surface area contributed by atoms with Crippen molar-refractivity contribution in [2.75, 3.05) is 19.4 Å². The zero-order valence-corrected chi connectivity index (χ0v) is 20.9. The molecule has 2 heterocycles. The molecule has 0 saturated carbocycles. The minimum atomic E-state index is -3.94. The number of aryl methyl sites for hydroxylation is 1. The first-order valence-electron chi connectivity index (χ1n) is 10.0. The summed E-state index contributed by atoms with van der Waals surface area (Å²) in [6.45, 7) is 7.70. The number of rotatable bonds is 6. The quantitative estimate of drug-likeness (QED) is 0.518. The van der Waals surface area contributed by atoms with Gasteiger partial charge in [-0.1, -0.05) is 26.8 Å². The van der Waals surface area contributed by atoms with E-state index in [2.05, 4.69) is 15.0 Å². The molecule has 33 heavy (non-hydrogen) atoms. The van der Waals surface area contributed by atoms with Crippen molar-refractivity contribution in [3.63, 3.8) is 0 Å². The molecular formula is C21H28N4O6S2. The zero-order valence-electron chi connectivity index (χ0n) is 19.2. The summed E-state index contributed by atoms with van der Waals surface area (Å²) in [6, 6.07) is 7.32. The molecule has 3 N–H and O–H groups in total. The monoisotopic (exact) mass is 496 g/mol. The molecule has 0 spiro atoms. The van der Waals surface area contributed by atoms with Crippen LogP contribution in [0, 0.1) is 12.3 Å². The van der Waals surface area contributed by atoms with Gasteiger partial charge in [-0.15, -0.1) is 4.40 Å². The summed E-state index contributed by atoms with van der Waals surface area (Å²) in [5.74, 6) is 0.794. The molecule has 0 bridgehead atoms.